The lowest BCUT2D eigenvalue weighted by molar-refractivity contribution is -0.146. The van der Waals surface area contributed by atoms with E-state index in [9.17, 15) is 9.59 Å². The van der Waals surface area contributed by atoms with Crippen molar-refractivity contribution in [3.8, 4) is 11.5 Å². The van der Waals surface area contributed by atoms with Crippen LogP contribution in [0.4, 0.5) is 0 Å². The van der Waals surface area contributed by atoms with Crippen LogP contribution >= 0.6 is 11.8 Å². The Balaban J connectivity index is 1.42. The number of hydrogen-bond acceptors (Lipinski definition) is 6. The molecule has 1 aliphatic rings. The summed E-state index contributed by atoms with van der Waals surface area (Å²) < 4.78 is 16.1. The van der Waals surface area contributed by atoms with E-state index in [2.05, 4.69) is 5.32 Å². The number of carbonyl (C=O) groups is 2. The fourth-order valence-corrected chi connectivity index (χ4v) is 3.26. The van der Waals surface area contributed by atoms with E-state index in [1.165, 1.54) is 11.8 Å². The van der Waals surface area contributed by atoms with E-state index >= 15 is 0 Å². The summed E-state index contributed by atoms with van der Waals surface area (Å²) >= 11 is 1.37. The average molecular weight is 387 g/mol. The van der Waals surface area contributed by atoms with E-state index in [0.29, 0.717) is 24.7 Å². The maximum absolute atomic E-state index is 12.0. The number of benzene rings is 2. The van der Waals surface area contributed by atoms with Gasteiger partial charge in [-0.2, -0.15) is 0 Å². The molecule has 6 nitrogen and oxygen atoms in total. The predicted octanol–water partition coefficient (Wildman–Crippen LogP) is 2.97. The van der Waals surface area contributed by atoms with Crippen molar-refractivity contribution in [1.29, 1.82) is 0 Å². The second-order valence-electron chi connectivity index (χ2n) is 5.95. The van der Waals surface area contributed by atoms with Gasteiger partial charge < -0.3 is 19.5 Å². The molecule has 0 aromatic heterocycles. The number of amides is 1. The molecular weight excluding hydrogens is 366 g/mol. The molecule has 0 bridgehead atoms. The number of rotatable bonds is 7. The number of hydrogen-bond donors (Lipinski definition) is 1. The highest BCUT2D eigenvalue weighted by Gasteiger charge is 2.16. The molecule has 1 atom stereocenters. The summed E-state index contributed by atoms with van der Waals surface area (Å²) in [4.78, 5) is 24.8. The molecule has 0 spiro atoms. The Labute approximate surface area is 162 Å². The van der Waals surface area contributed by atoms with Crippen molar-refractivity contribution >= 4 is 23.6 Å². The third kappa shape index (κ3) is 5.65. The molecule has 1 amide bonds. The number of esters is 1. The number of nitrogens with one attached hydrogen (secondary N) is 1. The molecule has 1 N–H and O–H groups in total. The van der Waals surface area contributed by atoms with E-state index in [4.69, 9.17) is 14.2 Å². The highest BCUT2D eigenvalue weighted by atomic mass is 32.2. The molecule has 2 aromatic rings. The Kier molecular flexibility index (Phi) is 6.59. The van der Waals surface area contributed by atoms with Crippen LogP contribution in [0.3, 0.4) is 0 Å². The maximum atomic E-state index is 12.0. The Hall–Kier alpha value is -2.67. The highest BCUT2D eigenvalue weighted by molar-refractivity contribution is 8.00. The number of ether oxygens (including phenoxy) is 3. The molecule has 27 heavy (non-hydrogen) atoms. The first-order valence-corrected chi connectivity index (χ1v) is 9.63. The molecular formula is C20H21NO5S. The second-order valence-corrected chi connectivity index (χ2v) is 7.00. The van der Waals surface area contributed by atoms with Crippen molar-refractivity contribution in [3.05, 3.63) is 54.1 Å². The van der Waals surface area contributed by atoms with E-state index in [0.717, 1.165) is 10.5 Å². The molecule has 7 heteroatoms. The van der Waals surface area contributed by atoms with Gasteiger partial charge in [0.2, 0.25) is 0 Å². The average Bonchev–Trinajstić information content (AvgIpc) is 2.71. The van der Waals surface area contributed by atoms with Gasteiger partial charge in [0.1, 0.15) is 13.2 Å². The van der Waals surface area contributed by atoms with Gasteiger partial charge in [0, 0.05) is 4.90 Å². The fourth-order valence-electron chi connectivity index (χ4n) is 2.54. The highest BCUT2D eigenvalue weighted by Crippen LogP contribution is 2.32. The Morgan fingerprint density at radius 2 is 1.85 bits per heavy atom. The molecule has 1 heterocycles. The van der Waals surface area contributed by atoms with Gasteiger partial charge in [-0.1, -0.05) is 24.3 Å². The number of thioether (sulfide) groups is 1. The molecule has 0 radical (unpaired) electrons. The van der Waals surface area contributed by atoms with Crippen LogP contribution < -0.4 is 14.8 Å². The van der Waals surface area contributed by atoms with Gasteiger partial charge in [0.15, 0.2) is 18.1 Å². The van der Waals surface area contributed by atoms with E-state index in [1.807, 2.05) is 55.5 Å². The molecule has 0 aliphatic carbocycles. The van der Waals surface area contributed by atoms with Crippen LogP contribution in [0.5, 0.6) is 11.5 Å². The van der Waals surface area contributed by atoms with Crippen LogP contribution in [-0.2, 0) is 14.3 Å². The van der Waals surface area contributed by atoms with Crippen LogP contribution in [0.1, 0.15) is 18.5 Å². The monoisotopic (exact) mass is 387 g/mol. The summed E-state index contributed by atoms with van der Waals surface area (Å²) in [6, 6.07) is 14.9. The molecule has 0 unspecified atom stereocenters. The molecule has 0 fully saturated rings. The van der Waals surface area contributed by atoms with Gasteiger partial charge in [-0.3, -0.25) is 9.59 Å². The molecule has 142 valence electrons. The summed E-state index contributed by atoms with van der Waals surface area (Å²) in [5, 5.41) is 2.81. The van der Waals surface area contributed by atoms with Crippen LogP contribution in [0.25, 0.3) is 0 Å². The summed E-state index contributed by atoms with van der Waals surface area (Å²) in [6.07, 6.45) is 0. The van der Waals surface area contributed by atoms with Crippen molar-refractivity contribution in [2.75, 3.05) is 25.6 Å². The smallest absolute Gasteiger partial charge is 0.316 e. The van der Waals surface area contributed by atoms with E-state index in [1.54, 1.807) is 0 Å². The number of carbonyl (C=O) groups excluding carboxylic acids is 2. The zero-order valence-electron chi connectivity index (χ0n) is 15.0. The van der Waals surface area contributed by atoms with Crippen molar-refractivity contribution in [1.82, 2.24) is 5.32 Å². The lowest BCUT2D eigenvalue weighted by Crippen LogP contribution is -2.31. The molecule has 2 aromatic carbocycles. The zero-order valence-corrected chi connectivity index (χ0v) is 15.8. The van der Waals surface area contributed by atoms with Crippen LogP contribution in [0.2, 0.25) is 0 Å². The predicted molar refractivity (Wildman–Crippen MR) is 102 cm³/mol. The normalized spacial score (nSPS) is 13.5. The van der Waals surface area contributed by atoms with Crippen LogP contribution in [0.15, 0.2) is 53.4 Å². The minimum atomic E-state index is -0.425. The first kappa shape index (κ1) is 19.1. The first-order valence-electron chi connectivity index (χ1n) is 8.64. The Bertz CT molecular complexity index is 796. The van der Waals surface area contributed by atoms with E-state index < -0.39 is 5.97 Å². The summed E-state index contributed by atoms with van der Waals surface area (Å²) in [5.41, 5.74) is 0.888. The number of fused-ring (bicyclic) bond motifs is 1. The van der Waals surface area contributed by atoms with Crippen molar-refractivity contribution in [2.45, 2.75) is 17.9 Å². The topological polar surface area (TPSA) is 73.9 Å². The van der Waals surface area contributed by atoms with Gasteiger partial charge >= 0.3 is 5.97 Å². The van der Waals surface area contributed by atoms with Gasteiger partial charge in [-0.05, 0) is 36.8 Å². The van der Waals surface area contributed by atoms with Crippen molar-refractivity contribution < 1.29 is 23.8 Å². The summed E-state index contributed by atoms with van der Waals surface area (Å²) in [6.45, 7) is 2.60. The lowest BCUT2D eigenvalue weighted by atomic mass is 10.1. The molecule has 3 rings (SSSR count). The van der Waals surface area contributed by atoms with Gasteiger partial charge in [-0.25, -0.2) is 0 Å². The van der Waals surface area contributed by atoms with Gasteiger partial charge in [0.05, 0.1) is 11.8 Å². The minimum Gasteiger partial charge on any atom is -0.486 e. The lowest BCUT2D eigenvalue weighted by Gasteiger charge is -2.21. The fraction of sp³-hybridized carbons (Fsp3) is 0.300. The summed E-state index contributed by atoms with van der Waals surface area (Å²) in [5.74, 6) is 0.758. The van der Waals surface area contributed by atoms with Crippen LogP contribution in [0, 0.1) is 0 Å². The SMILES string of the molecule is C[C@H](NC(=O)COC(=O)CSc1ccccc1)c1ccc2c(c1)OCCO2. The van der Waals surface area contributed by atoms with Crippen molar-refractivity contribution in [2.24, 2.45) is 0 Å². The molecule has 0 saturated heterocycles. The zero-order chi connectivity index (χ0) is 19.1. The van der Waals surface area contributed by atoms with E-state index in [-0.39, 0.29) is 24.3 Å². The Morgan fingerprint density at radius 3 is 2.63 bits per heavy atom. The second kappa shape index (κ2) is 9.32. The molecule has 1 aliphatic heterocycles. The quantitative estimate of drug-likeness (QED) is 0.582. The first-order chi connectivity index (χ1) is 13.1. The van der Waals surface area contributed by atoms with Crippen LogP contribution in [-0.4, -0.2) is 37.4 Å². The van der Waals surface area contributed by atoms with Crippen molar-refractivity contribution in [3.63, 3.8) is 0 Å². The molecule has 0 saturated carbocycles. The third-order valence-electron chi connectivity index (χ3n) is 3.91. The largest absolute Gasteiger partial charge is 0.486 e. The summed E-state index contributed by atoms with van der Waals surface area (Å²) in [7, 11) is 0. The van der Waals surface area contributed by atoms with Gasteiger partial charge in [-0.15, -0.1) is 11.8 Å². The third-order valence-corrected chi connectivity index (χ3v) is 4.89. The van der Waals surface area contributed by atoms with Gasteiger partial charge in [0.25, 0.3) is 5.91 Å². The standard InChI is InChI=1S/C20H21NO5S/c1-14(15-7-8-17-18(11-15)25-10-9-24-17)21-19(22)12-26-20(23)13-27-16-5-3-2-4-6-16/h2-8,11,14H,9-10,12-13H2,1H3,(H,21,22)/t14-/m0/s1. The Morgan fingerprint density at radius 1 is 1.11 bits per heavy atom. The maximum Gasteiger partial charge on any atom is 0.316 e. The minimum absolute atomic E-state index is 0.162.